The van der Waals surface area contributed by atoms with Crippen molar-refractivity contribution in [3.63, 3.8) is 0 Å². The van der Waals surface area contributed by atoms with Gasteiger partial charge in [0.1, 0.15) is 11.1 Å². The Kier molecular flexibility index (Phi) is 4.47. The van der Waals surface area contributed by atoms with E-state index in [-0.39, 0.29) is 11.1 Å². The molecule has 4 nitrogen and oxygen atoms in total. The maximum absolute atomic E-state index is 5.94. The van der Waals surface area contributed by atoms with Crippen LogP contribution >= 0.6 is 12.2 Å². The Labute approximate surface area is 113 Å². The van der Waals surface area contributed by atoms with Gasteiger partial charge in [0.2, 0.25) is 5.88 Å². The van der Waals surface area contributed by atoms with Gasteiger partial charge in [-0.05, 0) is 25.2 Å². The molecule has 0 radical (unpaired) electrons. The third-order valence-electron chi connectivity index (χ3n) is 3.49. The van der Waals surface area contributed by atoms with Crippen molar-refractivity contribution in [2.24, 2.45) is 11.7 Å². The van der Waals surface area contributed by atoms with Crippen LogP contribution in [0.5, 0.6) is 5.88 Å². The van der Waals surface area contributed by atoms with Gasteiger partial charge in [-0.1, -0.05) is 32.0 Å². The first-order valence-electron chi connectivity index (χ1n) is 6.48. The average Bonchev–Trinajstić information content (AvgIpc) is 2.39. The van der Waals surface area contributed by atoms with Gasteiger partial charge in [0.15, 0.2) is 5.69 Å². The highest BCUT2D eigenvalue weighted by Crippen LogP contribution is 2.29. The molecule has 0 aromatic carbocycles. The smallest absolute Gasteiger partial charge is 0.243 e. The summed E-state index contributed by atoms with van der Waals surface area (Å²) in [4.78, 5) is 8.56. The fraction of sp³-hybridized carbons (Fsp3) is 0.615. The van der Waals surface area contributed by atoms with Crippen LogP contribution in [0.4, 0.5) is 0 Å². The Hall–Kier alpha value is -1.23. The van der Waals surface area contributed by atoms with E-state index in [1.165, 1.54) is 19.3 Å². The van der Waals surface area contributed by atoms with Crippen molar-refractivity contribution in [1.82, 2.24) is 9.97 Å². The van der Waals surface area contributed by atoms with Crippen molar-refractivity contribution in [2.75, 3.05) is 0 Å². The maximum atomic E-state index is 5.94. The lowest BCUT2D eigenvalue weighted by Gasteiger charge is -2.28. The van der Waals surface area contributed by atoms with Crippen molar-refractivity contribution in [1.29, 1.82) is 0 Å². The topological polar surface area (TPSA) is 61.0 Å². The van der Waals surface area contributed by atoms with E-state index in [4.69, 9.17) is 22.7 Å². The Balaban J connectivity index is 2.07. The Morgan fingerprint density at radius 1 is 1.44 bits per heavy atom. The SMILES string of the molecule is CCC1CCCC(Oc2nccnc2C(N)=S)C1. The van der Waals surface area contributed by atoms with Crippen LogP contribution in [0.25, 0.3) is 0 Å². The summed E-state index contributed by atoms with van der Waals surface area (Å²) in [6.45, 7) is 2.23. The Bertz CT molecular complexity index is 424. The molecule has 1 aliphatic carbocycles. The molecular weight excluding hydrogens is 246 g/mol. The summed E-state index contributed by atoms with van der Waals surface area (Å²) >= 11 is 4.96. The van der Waals surface area contributed by atoms with Crippen molar-refractivity contribution in [3.05, 3.63) is 18.1 Å². The van der Waals surface area contributed by atoms with Crippen LogP contribution in [0.1, 0.15) is 44.7 Å². The number of nitrogens with two attached hydrogens (primary N) is 1. The van der Waals surface area contributed by atoms with Crippen LogP contribution in [0.2, 0.25) is 0 Å². The van der Waals surface area contributed by atoms with E-state index in [1.54, 1.807) is 12.4 Å². The zero-order valence-corrected chi connectivity index (χ0v) is 11.4. The zero-order chi connectivity index (χ0) is 13.0. The monoisotopic (exact) mass is 265 g/mol. The second kappa shape index (κ2) is 6.09. The van der Waals surface area contributed by atoms with E-state index in [1.807, 2.05) is 0 Å². The molecule has 5 heteroatoms. The van der Waals surface area contributed by atoms with Crippen molar-refractivity contribution in [2.45, 2.75) is 45.1 Å². The largest absolute Gasteiger partial charge is 0.473 e. The Morgan fingerprint density at radius 2 is 2.22 bits per heavy atom. The molecule has 1 saturated carbocycles. The number of hydrogen-bond acceptors (Lipinski definition) is 4. The van der Waals surface area contributed by atoms with E-state index in [2.05, 4.69) is 16.9 Å². The molecule has 18 heavy (non-hydrogen) atoms. The standard InChI is InChI=1S/C13H19N3OS/c1-2-9-4-3-5-10(8-9)17-13-11(12(14)18)15-6-7-16-13/h6-7,9-10H,2-5,8H2,1H3,(H2,14,18). The number of thiocarbonyl (C=S) groups is 1. The zero-order valence-electron chi connectivity index (χ0n) is 10.6. The summed E-state index contributed by atoms with van der Waals surface area (Å²) in [5, 5.41) is 0. The fourth-order valence-corrected chi connectivity index (χ4v) is 2.60. The predicted octanol–water partition coefficient (Wildman–Crippen LogP) is 2.46. The molecule has 2 rings (SSSR count). The normalized spacial score (nSPS) is 23.6. The van der Waals surface area contributed by atoms with Crippen molar-refractivity contribution < 1.29 is 4.74 Å². The summed E-state index contributed by atoms with van der Waals surface area (Å²) < 4.78 is 5.94. The minimum atomic E-state index is 0.216. The van der Waals surface area contributed by atoms with Crippen LogP contribution in [-0.2, 0) is 0 Å². The van der Waals surface area contributed by atoms with Crippen LogP contribution in [0.3, 0.4) is 0 Å². The van der Waals surface area contributed by atoms with Crippen LogP contribution in [-0.4, -0.2) is 21.1 Å². The first kappa shape index (κ1) is 13.2. The highest BCUT2D eigenvalue weighted by Gasteiger charge is 2.23. The first-order chi connectivity index (χ1) is 8.70. The number of ether oxygens (including phenoxy) is 1. The maximum Gasteiger partial charge on any atom is 0.243 e. The van der Waals surface area contributed by atoms with Crippen molar-refractivity contribution >= 4 is 17.2 Å². The highest BCUT2D eigenvalue weighted by molar-refractivity contribution is 7.80. The second-order valence-electron chi connectivity index (χ2n) is 4.76. The summed E-state index contributed by atoms with van der Waals surface area (Å²) in [6, 6.07) is 0. The first-order valence-corrected chi connectivity index (χ1v) is 6.89. The molecule has 2 atom stereocenters. The van der Waals surface area contributed by atoms with Gasteiger partial charge in [0.25, 0.3) is 0 Å². The Morgan fingerprint density at radius 3 is 2.94 bits per heavy atom. The molecule has 2 N–H and O–H groups in total. The van der Waals surface area contributed by atoms with Crippen LogP contribution in [0, 0.1) is 5.92 Å². The predicted molar refractivity (Wildman–Crippen MR) is 74.6 cm³/mol. The number of rotatable bonds is 4. The van der Waals surface area contributed by atoms with Gasteiger partial charge in [-0.15, -0.1) is 0 Å². The molecule has 1 fully saturated rings. The third kappa shape index (κ3) is 3.16. The van der Waals surface area contributed by atoms with Gasteiger partial charge >= 0.3 is 0 Å². The van der Waals surface area contributed by atoms with E-state index >= 15 is 0 Å². The van der Waals surface area contributed by atoms with Gasteiger partial charge in [-0.25, -0.2) is 9.97 Å². The summed E-state index contributed by atoms with van der Waals surface area (Å²) in [6.07, 6.45) is 9.29. The number of aromatic nitrogens is 2. The minimum absolute atomic E-state index is 0.216. The summed E-state index contributed by atoms with van der Waals surface area (Å²) in [5.41, 5.74) is 6.11. The molecule has 1 aromatic rings. The summed E-state index contributed by atoms with van der Waals surface area (Å²) in [5.74, 6) is 1.24. The fourth-order valence-electron chi connectivity index (χ4n) is 2.46. The van der Waals surface area contributed by atoms with Gasteiger partial charge in [-0.3, -0.25) is 0 Å². The van der Waals surface area contributed by atoms with Gasteiger partial charge in [-0.2, -0.15) is 0 Å². The molecule has 0 saturated heterocycles. The third-order valence-corrected chi connectivity index (χ3v) is 3.68. The van der Waals surface area contributed by atoms with E-state index in [0.29, 0.717) is 11.6 Å². The summed E-state index contributed by atoms with van der Waals surface area (Å²) in [7, 11) is 0. The molecule has 0 spiro atoms. The quantitative estimate of drug-likeness (QED) is 0.847. The lowest BCUT2D eigenvalue weighted by Crippen LogP contribution is -2.27. The molecule has 1 aliphatic rings. The molecule has 98 valence electrons. The lowest BCUT2D eigenvalue weighted by atomic mass is 9.85. The van der Waals surface area contributed by atoms with Crippen LogP contribution in [0.15, 0.2) is 12.4 Å². The van der Waals surface area contributed by atoms with Crippen molar-refractivity contribution in [3.8, 4) is 5.88 Å². The molecular formula is C13H19N3OS. The molecule has 0 bridgehead atoms. The highest BCUT2D eigenvalue weighted by atomic mass is 32.1. The minimum Gasteiger partial charge on any atom is -0.473 e. The molecule has 1 heterocycles. The molecule has 0 amide bonds. The lowest BCUT2D eigenvalue weighted by molar-refractivity contribution is 0.116. The van der Waals surface area contributed by atoms with Gasteiger partial charge in [0, 0.05) is 12.4 Å². The number of nitrogens with zero attached hydrogens (tertiary/aromatic N) is 2. The average molecular weight is 265 g/mol. The van der Waals surface area contributed by atoms with E-state index in [9.17, 15) is 0 Å². The van der Waals surface area contributed by atoms with Crippen LogP contribution < -0.4 is 10.5 Å². The van der Waals surface area contributed by atoms with E-state index in [0.717, 1.165) is 18.8 Å². The number of hydrogen-bond donors (Lipinski definition) is 1. The molecule has 2 unspecified atom stereocenters. The molecule has 0 aliphatic heterocycles. The van der Waals surface area contributed by atoms with E-state index < -0.39 is 0 Å². The van der Waals surface area contributed by atoms with Gasteiger partial charge < -0.3 is 10.5 Å². The second-order valence-corrected chi connectivity index (χ2v) is 5.19. The van der Waals surface area contributed by atoms with Gasteiger partial charge in [0.05, 0.1) is 0 Å². The molecule has 1 aromatic heterocycles.